The second-order valence-corrected chi connectivity index (χ2v) is 7.25. The average Bonchev–Trinajstić information content (AvgIpc) is 2.72. The molecule has 3 aromatic rings. The molecule has 2 aromatic carbocycles. The quantitative estimate of drug-likeness (QED) is 0.764. The van der Waals surface area contributed by atoms with Crippen LogP contribution in [0.25, 0.3) is 10.9 Å². The number of aryl methyl sites for hydroxylation is 2. The smallest absolute Gasteiger partial charge is 0.256 e. The minimum absolute atomic E-state index is 0.00253. The van der Waals surface area contributed by atoms with Gasteiger partial charge in [0.25, 0.3) is 5.91 Å². The first-order valence-corrected chi connectivity index (χ1v) is 9.58. The number of para-hydroxylation sites is 1. The number of amides is 2. The van der Waals surface area contributed by atoms with Crippen molar-refractivity contribution in [3.05, 3.63) is 76.0 Å². The highest BCUT2D eigenvalue weighted by Gasteiger charge is 2.26. The SMILES string of the molecule is CCc1nc2ccccc2c(C)c1C(=O)N1CCc2ccc(C(N)=O)cc2C1. The van der Waals surface area contributed by atoms with E-state index in [0.717, 1.165) is 39.7 Å². The van der Waals surface area contributed by atoms with E-state index < -0.39 is 5.91 Å². The fourth-order valence-electron chi connectivity index (χ4n) is 4.02. The summed E-state index contributed by atoms with van der Waals surface area (Å²) >= 11 is 0. The highest BCUT2D eigenvalue weighted by molar-refractivity contribution is 6.01. The molecule has 28 heavy (non-hydrogen) atoms. The Hall–Kier alpha value is -3.21. The fraction of sp³-hybridized carbons (Fsp3) is 0.261. The minimum atomic E-state index is -0.450. The molecule has 1 aliphatic rings. The molecule has 5 nitrogen and oxygen atoms in total. The van der Waals surface area contributed by atoms with E-state index >= 15 is 0 Å². The van der Waals surface area contributed by atoms with Gasteiger partial charge in [0.05, 0.1) is 16.8 Å². The first kappa shape index (κ1) is 18.2. The van der Waals surface area contributed by atoms with Crippen LogP contribution in [0.3, 0.4) is 0 Å². The number of nitrogens with two attached hydrogens (primary N) is 1. The molecule has 1 aliphatic heterocycles. The third-order valence-electron chi connectivity index (χ3n) is 5.57. The Labute approximate surface area is 164 Å². The molecular formula is C23H23N3O2. The number of hydrogen-bond donors (Lipinski definition) is 1. The van der Waals surface area contributed by atoms with Crippen molar-refractivity contribution < 1.29 is 9.59 Å². The standard InChI is InChI=1S/C23H23N3O2/c1-3-19-21(14(2)18-6-4-5-7-20(18)25-19)23(28)26-11-10-15-8-9-16(22(24)27)12-17(15)13-26/h4-9,12H,3,10-11,13H2,1-2H3,(H2,24,27). The monoisotopic (exact) mass is 373 g/mol. The summed E-state index contributed by atoms with van der Waals surface area (Å²) in [7, 11) is 0. The predicted octanol–water partition coefficient (Wildman–Crippen LogP) is 3.40. The van der Waals surface area contributed by atoms with Gasteiger partial charge >= 0.3 is 0 Å². The summed E-state index contributed by atoms with van der Waals surface area (Å²) in [6.07, 6.45) is 1.46. The molecule has 0 saturated carbocycles. The van der Waals surface area contributed by atoms with E-state index in [4.69, 9.17) is 10.7 Å². The van der Waals surface area contributed by atoms with Gasteiger partial charge in [0.2, 0.25) is 5.91 Å². The van der Waals surface area contributed by atoms with Crippen molar-refractivity contribution in [2.24, 2.45) is 5.73 Å². The molecule has 0 spiro atoms. The second kappa shape index (κ2) is 7.08. The van der Waals surface area contributed by atoms with Crippen LogP contribution in [0.2, 0.25) is 0 Å². The lowest BCUT2D eigenvalue weighted by Crippen LogP contribution is -2.37. The van der Waals surface area contributed by atoms with E-state index in [1.807, 2.05) is 55.1 Å². The van der Waals surface area contributed by atoms with Crippen LogP contribution < -0.4 is 5.73 Å². The number of pyridine rings is 1. The molecule has 5 heteroatoms. The van der Waals surface area contributed by atoms with Crippen molar-refractivity contribution in [3.8, 4) is 0 Å². The highest BCUT2D eigenvalue weighted by Crippen LogP contribution is 2.27. The van der Waals surface area contributed by atoms with Gasteiger partial charge in [-0.3, -0.25) is 14.6 Å². The second-order valence-electron chi connectivity index (χ2n) is 7.25. The number of carbonyl (C=O) groups excluding carboxylic acids is 2. The lowest BCUT2D eigenvalue weighted by atomic mass is 9.95. The molecule has 2 amide bonds. The molecule has 2 heterocycles. The van der Waals surface area contributed by atoms with Gasteiger partial charge in [-0.2, -0.15) is 0 Å². The first-order valence-electron chi connectivity index (χ1n) is 9.58. The molecule has 142 valence electrons. The zero-order valence-corrected chi connectivity index (χ0v) is 16.2. The van der Waals surface area contributed by atoms with Gasteiger partial charge in [0.1, 0.15) is 0 Å². The minimum Gasteiger partial charge on any atom is -0.366 e. The fourth-order valence-corrected chi connectivity index (χ4v) is 4.02. The van der Waals surface area contributed by atoms with Crippen molar-refractivity contribution in [1.82, 2.24) is 9.88 Å². The van der Waals surface area contributed by atoms with E-state index in [-0.39, 0.29) is 5.91 Å². The van der Waals surface area contributed by atoms with E-state index in [1.165, 1.54) is 0 Å². The van der Waals surface area contributed by atoms with Gasteiger partial charge in [0, 0.05) is 24.0 Å². The number of nitrogens with zero attached hydrogens (tertiary/aromatic N) is 2. The van der Waals surface area contributed by atoms with Gasteiger partial charge in [-0.05, 0) is 54.7 Å². The summed E-state index contributed by atoms with van der Waals surface area (Å²) in [5, 5.41) is 1.01. The number of hydrogen-bond acceptors (Lipinski definition) is 3. The van der Waals surface area contributed by atoms with E-state index in [2.05, 4.69) is 0 Å². The molecule has 0 fully saturated rings. The number of aromatic nitrogens is 1. The molecule has 0 unspecified atom stereocenters. The Kier molecular flexibility index (Phi) is 4.59. The van der Waals surface area contributed by atoms with Gasteiger partial charge in [-0.15, -0.1) is 0 Å². The summed E-state index contributed by atoms with van der Waals surface area (Å²) < 4.78 is 0. The Morgan fingerprint density at radius 1 is 1.14 bits per heavy atom. The van der Waals surface area contributed by atoms with Crippen LogP contribution in [-0.2, 0) is 19.4 Å². The zero-order valence-electron chi connectivity index (χ0n) is 16.2. The van der Waals surface area contributed by atoms with Crippen LogP contribution in [0.5, 0.6) is 0 Å². The van der Waals surface area contributed by atoms with E-state index in [9.17, 15) is 9.59 Å². The predicted molar refractivity (Wildman–Crippen MR) is 109 cm³/mol. The van der Waals surface area contributed by atoms with Crippen molar-refractivity contribution >= 4 is 22.7 Å². The number of benzene rings is 2. The van der Waals surface area contributed by atoms with Crippen molar-refractivity contribution in [3.63, 3.8) is 0 Å². The van der Waals surface area contributed by atoms with E-state index in [0.29, 0.717) is 30.6 Å². The number of carbonyl (C=O) groups is 2. The largest absolute Gasteiger partial charge is 0.366 e. The van der Waals surface area contributed by atoms with Crippen molar-refractivity contribution in [2.45, 2.75) is 33.2 Å². The maximum atomic E-state index is 13.5. The normalized spacial score (nSPS) is 13.4. The summed E-state index contributed by atoms with van der Waals surface area (Å²) in [5.74, 6) is -0.447. The van der Waals surface area contributed by atoms with Gasteiger partial charge in [-0.1, -0.05) is 31.2 Å². The van der Waals surface area contributed by atoms with E-state index in [1.54, 1.807) is 6.07 Å². The van der Waals surface area contributed by atoms with Crippen molar-refractivity contribution in [2.75, 3.05) is 6.54 Å². The summed E-state index contributed by atoms with van der Waals surface area (Å²) in [5.41, 5.74) is 11.5. The number of rotatable bonds is 3. The number of fused-ring (bicyclic) bond motifs is 2. The lowest BCUT2D eigenvalue weighted by Gasteiger charge is -2.30. The molecule has 0 bridgehead atoms. The third-order valence-corrected chi connectivity index (χ3v) is 5.57. The maximum Gasteiger partial charge on any atom is 0.256 e. The molecular weight excluding hydrogens is 350 g/mol. The van der Waals surface area contributed by atoms with Crippen LogP contribution in [0.1, 0.15) is 50.0 Å². The Morgan fingerprint density at radius 3 is 2.68 bits per heavy atom. The first-order chi connectivity index (χ1) is 13.5. The molecule has 4 rings (SSSR count). The number of primary amides is 1. The van der Waals surface area contributed by atoms with Crippen LogP contribution in [0.4, 0.5) is 0 Å². The molecule has 1 aromatic heterocycles. The van der Waals surface area contributed by atoms with Gasteiger partial charge in [0.15, 0.2) is 0 Å². The Bertz CT molecular complexity index is 1100. The lowest BCUT2D eigenvalue weighted by molar-refractivity contribution is 0.0732. The van der Waals surface area contributed by atoms with Crippen LogP contribution >= 0.6 is 0 Å². The summed E-state index contributed by atoms with van der Waals surface area (Å²) in [6, 6.07) is 13.4. The summed E-state index contributed by atoms with van der Waals surface area (Å²) in [6.45, 7) is 5.15. The van der Waals surface area contributed by atoms with Crippen LogP contribution in [0.15, 0.2) is 42.5 Å². The molecule has 0 atom stereocenters. The summed E-state index contributed by atoms with van der Waals surface area (Å²) in [4.78, 5) is 31.6. The molecule has 0 saturated heterocycles. The molecule has 0 aliphatic carbocycles. The Morgan fingerprint density at radius 2 is 1.93 bits per heavy atom. The Balaban J connectivity index is 1.73. The van der Waals surface area contributed by atoms with Gasteiger partial charge < -0.3 is 10.6 Å². The van der Waals surface area contributed by atoms with Gasteiger partial charge in [-0.25, -0.2) is 0 Å². The highest BCUT2D eigenvalue weighted by atomic mass is 16.2. The average molecular weight is 373 g/mol. The zero-order chi connectivity index (χ0) is 19.8. The molecule has 0 radical (unpaired) electrons. The maximum absolute atomic E-state index is 13.5. The molecule has 2 N–H and O–H groups in total. The van der Waals surface area contributed by atoms with Crippen LogP contribution in [0, 0.1) is 6.92 Å². The third kappa shape index (κ3) is 3.03. The van der Waals surface area contributed by atoms with Crippen LogP contribution in [-0.4, -0.2) is 28.2 Å². The topological polar surface area (TPSA) is 76.3 Å². The van der Waals surface area contributed by atoms with Crippen molar-refractivity contribution in [1.29, 1.82) is 0 Å².